The third-order valence-electron chi connectivity index (χ3n) is 4.10. The third kappa shape index (κ3) is 2.66. The van der Waals surface area contributed by atoms with Crippen LogP contribution in [0.2, 0.25) is 0 Å². The molecule has 6 heteroatoms. The predicted molar refractivity (Wildman–Crippen MR) is 83.5 cm³/mol. The zero-order valence-electron chi connectivity index (χ0n) is 10.8. The highest BCUT2D eigenvalue weighted by Crippen LogP contribution is 2.37. The van der Waals surface area contributed by atoms with E-state index in [1.54, 1.807) is 12.1 Å². The quantitative estimate of drug-likeness (QED) is 0.797. The maximum absolute atomic E-state index is 12.3. The van der Waals surface area contributed by atoms with E-state index >= 15 is 0 Å². The smallest absolute Gasteiger partial charge is 0.251 e. The molecule has 1 saturated carbocycles. The molecular weight excluding hydrogens is 388 g/mol. The van der Waals surface area contributed by atoms with Crippen molar-refractivity contribution in [2.45, 2.75) is 31.0 Å². The Morgan fingerprint density at radius 2 is 2.00 bits per heavy atom. The van der Waals surface area contributed by atoms with Crippen molar-refractivity contribution >= 4 is 37.8 Å². The van der Waals surface area contributed by atoms with E-state index in [9.17, 15) is 4.79 Å². The number of carbonyl (C=O) groups excluding carboxylic acids is 1. The van der Waals surface area contributed by atoms with Crippen molar-refractivity contribution in [2.24, 2.45) is 11.7 Å². The van der Waals surface area contributed by atoms with E-state index in [2.05, 4.69) is 37.2 Å². The van der Waals surface area contributed by atoms with Crippen molar-refractivity contribution < 1.29 is 9.53 Å². The fourth-order valence-electron chi connectivity index (χ4n) is 3.05. The lowest BCUT2D eigenvalue weighted by molar-refractivity contribution is -0.117. The molecule has 2 aliphatic rings. The first-order valence-corrected chi connectivity index (χ1v) is 8.29. The van der Waals surface area contributed by atoms with Crippen LogP contribution in [0.15, 0.2) is 27.1 Å². The van der Waals surface area contributed by atoms with Crippen LogP contribution < -0.4 is 11.1 Å². The molecule has 1 amide bonds. The number of amides is 1. The van der Waals surface area contributed by atoms with Crippen LogP contribution in [0.3, 0.4) is 0 Å². The zero-order chi connectivity index (χ0) is 14.3. The Morgan fingerprint density at radius 1 is 1.30 bits per heavy atom. The summed E-state index contributed by atoms with van der Waals surface area (Å²) < 4.78 is 7.46. The molecule has 1 aromatic carbocycles. The highest BCUT2D eigenvalue weighted by atomic mass is 79.9. The molecule has 2 fully saturated rings. The molecule has 1 aliphatic carbocycles. The zero-order valence-corrected chi connectivity index (χ0v) is 14.0. The molecule has 1 aliphatic heterocycles. The van der Waals surface area contributed by atoms with E-state index in [4.69, 9.17) is 10.5 Å². The van der Waals surface area contributed by atoms with Crippen LogP contribution in [0.4, 0.5) is 0 Å². The van der Waals surface area contributed by atoms with Crippen LogP contribution in [0, 0.1) is 5.92 Å². The Morgan fingerprint density at radius 3 is 2.70 bits per heavy atom. The number of nitrogens with two attached hydrogens (primary N) is 1. The highest BCUT2D eigenvalue weighted by molar-refractivity contribution is 9.11. The van der Waals surface area contributed by atoms with E-state index in [-0.39, 0.29) is 24.1 Å². The maximum atomic E-state index is 12.3. The molecule has 0 radical (unpaired) electrons. The molecule has 1 heterocycles. The normalized spacial score (nSPS) is 32.1. The number of fused-ring (bicyclic) bond motifs is 1. The largest absolute Gasteiger partial charge is 0.376 e. The monoisotopic (exact) mass is 402 g/mol. The van der Waals surface area contributed by atoms with Crippen molar-refractivity contribution in [1.82, 2.24) is 5.32 Å². The van der Waals surface area contributed by atoms with Gasteiger partial charge in [0.1, 0.15) is 0 Å². The number of ether oxygens (including phenoxy) is 1. The summed E-state index contributed by atoms with van der Waals surface area (Å²) in [4.78, 5) is 12.3. The molecule has 0 aromatic heterocycles. The van der Waals surface area contributed by atoms with Crippen LogP contribution in [-0.4, -0.2) is 30.7 Å². The summed E-state index contributed by atoms with van der Waals surface area (Å²) in [5.41, 5.74) is 6.76. The first-order valence-electron chi connectivity index (χ1n) is 6.70. The topological polar surface area (TPSA) is 64.3 Å². The minimum atomic E-state index is -0.111. The highest BCUT2D eigenvalue weighted by Gasteiger charge is 2.51. The molecular formula is C14H16Br2N2O2. The molecule has 3 N–H and O–H groups in total. The second kappa shape index (κ2) is 5.75. The summed E-state index contributed by atoms with van der Waals surface area (Å²) in [6.07, 6.45) is 2.24. The van der Waals surface area contributed by atoms with E-state index in [0.717, 1.165) is 28.4 Å². The van der Waals surface area contributed by atoms with Crippen LogP contribution in [-0.2, 0) is 4.74 Å². The van der Waals surface area contributed by atoms with Crippen LogP contribution in [0.25, 0.3) is 0 Å². The molecule has 4 unspecified atom stereocenters. The van der Waals surface area contributed by atoms with Crippen molar-refractivity contribution in [2.75, 3.05) is 6.61 Å². The summed E-state index contributed by atoms with van der Waals surface area (Å²) in [6, 6.07) is 5.41. The van der Waals surface area contributed by atoms with Gasteiger partial charge in [-0.3, -0.25) is 4.79 Å². The van der Waals surface area contributed by atoms with Gasteiger partial charge in [-0.1, -0.05) is 31.9 Å². The van der Waals surface area contributed by atoms with Crippen LogP contribution in [0.1, 0.15) is 23.2 Å². The summed E-state index contributed by atoms with van der Waals surface area (Å²) in [5, 5.41) is 3.01. The Bertz CT molecular complexity index is 518. The molecule has 4 nitrogen and oxygen atoms in total. The standard InChI is InChI=1S/C14H16Br2N2O2/c15-8-4-7(5-9(16)6-8)14(19)18-12-11(17)10-2-1-3-20-13(10)12/h4-6,10-13H,1-3,17H2,(H,18,19). The first-order chi connectivity index (χ1) is 9.56. The Hall–Kier alpha value is -0.430. The number of nitrogens with one attached hydrogen (secondary N) is 1. The van der Waals surface area contributed by atoms with Gasteiger partial charge < -0.3 is 15.8 Å². The summed E-state index contributed by atoms with van der Waals surface area (Å²) in [5.74, 6) is 0.281. The number of halogens is 2. The first kappa shape index (κ1) is 14.5. The van der Waals surface area contributed by atoms with E-state index in [1.807, 2.05) is 6.07 Å². The van der Waals surface area contributed by atoms with Gasteiger partial charge in [0, 0.05) is 33.1 Å². The van der Waals surface area contributed by atoms with Crippen molar-refractivity contribution in [3.05, 3.63) is 32.7 Å². The molecule has 0 bridgehead atoms. The van der Waals surface area contributed by atoms with E-state index in [0.29, 0.717) is 11.5 Å². The van der Waals surface area contributed by atoms with Gasteiger partial charge in [0.05, 0.1) is 12.1 Å². The Balaban J connectivity index is 1.70. The minimum absolute atomic E-state index is 0.000145. The molecule has 1 aromatic rings. The van der Waals surface area contributed by atoms with Crippen LogP contribution in [0.5, 0.6) is 0 Å². The molecule has 1 saturated heterocycles. The van der Waals surface area contributed by atoms with Crippen molar-refractivity contribution in [3.8, 4) is 0 Å². The number of hydrogen-bond donors (Lipinski definition) is 2. The summed E-state index contributed by atoms with van der Waals surface area (Å²) in [6.45, 7) is 0.767. The van der Waals surface area contributed by atoms with Gasteiger partial charge in [-0.25, -0.2) is 0 Å². The molecule has 108 valence electrons. The lowest BCUT2D eigenvalue weighted by Crippen LogP contribution is -2.72. The summed E-state index contributed by atoms with van der Waals surface area (Å²) in [7, 11) is 0. The van der Waals surface area contributed by atoms with Gasteiger partial charge in [-0.15, -0.1) is 0 Å². The Kier molecular flexibility index (Phi) is 4.17. The second-order valence-corrected chi connectivity index (χ2v) is 7.21. The van der Waals surface area contributed by atoms with Gasteiger partial charge in [0.2, 0.25) is 0 Å². The van der Waals surface area contributed by atoms with Crippen molar-refractivity contribution in [1.29, 1.82) is 0 Å². The SMILES string of the molecule is NC1C2CCCOC2C1NC(=O)c1cc(Br)cc(Br)c1. The number of benzene rings is 1. The van der Waals surface area contributed by atoms with Gasteiger partial charge in [0.15, 0.2) is 0 Å². The number of rotatable bonds is 2. The lowest BCUT2D eigenvalue weighted by Gasteiger charge is -2.52. The van der Waals surface area contributed by atoms with Crippen LogP contribution >= 0.6 is 31.9 Å². The molecule has 20 heavy (non-hydrogen) atoms. The number of hydrogen-bond acceptors (Lipinski definition) is 3. The summed E-state index contributed by atoms with van der Waals surface area (Å²) >= 11 is 6.77. The molecule has 0 spiro atoms. The lowest BCUT2D eigenvalue weighted by atomic mass is 9.68. The predicted octanol–water partition coefficient (Wildman–Crippen LogP) is 2.45. The van der Waals surface area contributed by atoms with E-state index in [1.165, 1.54) is 0 Å². The van der Waals surface area contributed by atoms with E-state index < -0.39 is 0 Å². The average molecular weight is 404 g/mol. The fourth-order valence-corrected chi connectivity index (χ4v) is 4.34. The van der Waals surface area contributed by atoms with Gasteiger partial charge in [-0.05, 0) is 31.0 Å². The minimum Gasteiger partial charge on any atom is -0.376 e. The van der Waals surface area contributed by atoms with Gasteiger partial charge >= 0.3 is 0 Å². The molecule has 3 rings (SSSR count). The maximum Gasteiger partial charge on any atom is 0.251 e. The van der Waals surface area contributed by atoms with Gasteiger partial charge in [0.25, 0.3) is 5.91 Å². The number of carbonyl (C=O) groups is 1. The van der Waals surface area contributed by atoms with Crippen molar-refractivity contribution in [3.63, 3.8) is 0 Å². The fraction of sp³-hybridized carbons (Fsp3) is 0.500. The average Bonchev–Trinajstić information content (AvgIpc) is 2.43. The second-order valence-electron chi connectivity index (χ2n) is 5.38. The molecule has 4 atom stereocenters. The third-order valence-corrected chi connectivity index (χ3v) is 5.02. The van der Waals surface area contributed by atoms with Gasteiger partial charge in [-0.2, -0.15) is 0 Å². The Labute approximate surface area is 134 Å².